The summed E-state index contributed by atoms with van der Waals surface area (Å²) in [5.41, 5.74) is 0.545. The maximum absolute atomic E-state index is 13.1. The van der Waals surface area contributed by atoms with Crippen molar-refractivity contribution in [3.05, 3.63) is 30.1 Å². The van der Waals surface area contributed by atoms with Crippen molar-refractivity contribution >= 4 is 5.69 Å². The molecule has 0 saturated heterocycles. The van der Waals surface area contributed by atoms with Gasteiger partial charge in [0.1, 0.15) is 5.82 Å². The Labute approximate surface area is 78.4 Å². The molecule has 0 aromatic heterocycles. The number of anilines is 1. The number of hydrogen-bond donors (Lipinski definition) is 1. The van der Waals surface area contributed by atoms with Gasteiger partial charge in [0.2, 0.25) is 0 Å². The number of halogens is 1. The minimum Gasteiger partial charge on any atom is -0.368 e. The minimum absolute atomic E-state index is 0.122. The van der Waals surface area contributed by atoms with Crippen molar-refractivity contribution in [2.24, 2.45) is 0 Å². The van der Waals surface area contributed by atoms with Crippen molar-refractivity contribution in [2.75, 3.05) is 19.4 Å². The van der Waals surface area contributed by atoms with Gasteiger partial charge in [-0.15, -0.1) is 0 Å². The molecule has 0 spiro atoms. The van der Waals surface area contributed by atoms with Crippen molar-refractivity contribution in [1.29, 1.82) is 0 Å². The van der Waals surface area contributed by atoms with Gasteiger partial charge in [0, 0.05) is 0 Å². The van der Waals surface area contributed by atoms with Crippen LogP contribution in [0.5, 0.6) is 0 Å². The molecule has 0 radical (unpaired) electrons. The van der Waals surface area contributed by atoms with E-state index in [1.54, 1.807) is 12.1 Å². The average Bonchev–Trinajstić information content (AvgIpc) is 2.08. The lowest BCUT2D eigenvalue weighted by Crippen LogP contribution is -2.32. The lowest BCUT2D eigenvalue weighted by Gasteiger charge is -2.22. The molecular weight excluding hydrogens is 167 g/mol. The predicted octanol–water partition coefficient (Wildman–Crippen LogP) is 2.15. The highest BCUT2D eigenvalue weighted by molar-refractivity contribution is 5.44. The molecule has 0 aliphatic carbocycles. The normalized spacial score (nSPS) is 13.0. The van der Waals surface area contributed by atoms with Crippen molar-refractivity contribution < 1.29 is 4.39 Å². The Morgan fingerprint density at radius 1 is 1.31 bits per heavy atom. The molecule has 0 amide bonds. The molecule has 1 aromatic rings. The van der Waals surface area contributed by atoms with Crippen LogP contribution < -0.4 is 5.32 Å². The van der Waals surface area contributed by atoms with Crippen LogP contribution in [0.25, 0.3) is 0 Å². The van der Waals surface area contributed by atoms with Crippen LogP contribution in [0.3, 0.4) is 0 Å². The van der Waals surface area contributed by atoms with Crippen LogP contribution in [0.1, 0.15) is 6.92 Å². The average molecular weight is 182 g/mol. The highest BCUT2D eigenvalue weighted by Gasteiger charge is 2.06. The maximum atomic E-state index is 13.1. The van der Waals surface area contributed by atoms with Crippen LogP contribution in [0.2, 0.25) is 0 Å². The second kappa shape index (κ2) is 4.23. The van der Waals surface area contributed by atoms with Gasteiger partial charge in [-0.2, -0.15) is 0 Å². The molecule has 1 unspecified atom stereocenters. The van der Waals surface area contributed by atoms with Gasteiger partial charge in [-0.1, -0.05) is 12.1 Å². The van der Waals surface area contributed by atoms with E-state index in [1.165, 1.54) is 6.07 Å². The van der Waals surface area contributed by atoms with Crippen molar-refractivity contribution in [3.8, 4) is 0 Å². The Morgan fingerprint density at radius 3 is 2.46 bits per heavy atom. The van der Waals surface area contributed by atoms with Crippen LogP contribution in [-0.2, 0) is 0 Å². The number of nitrogens with one attached hydrogen (secondary N) is 1. The number of nitrogens with zero attached hydrogens (tertiary/aromatic N) is 1. The Hall–Kier alpha value is -1.09. The monoisotopic (exact) mass is 182 g/mol. The summed E-state index contributed by atoms with van der Waals surface area (Å²) in [6.07, 6.45) is 0.122. The summed E-state index contributed by atoms with van der Waals surface area (Å²) in [4.78, 5) is 1.98. The first-order valence-corrected chi connectivity index (χ1v) is 4.28. The number of para-hydroxylation sites is 1. The molecule has 0 fully saturated rings. The Bertz CT molecular complexity index is 273. The van der Waals surface area contributed by atoms with E-state index in [-0.39, 0.29) is 12.0 Å². The Kier molecular flexibility index (Phi) is 3.25. The van der Waals surface area contributed by atoms with Gasteiger partial charge in [-0.3, -0.25) is 4.90 Å². The summed E-state index contributed by atoms with van der Waals surface area (Å²) in [7, 11) is 3.89. The first-order valence-electron chi connectivity index (χ1n) is 4.28. The smallest absolute Gasteiger partial charge is 0.146 e. The third-order valence-corrected chi connectivity index (χ3v) is 2.01. The van der Waals surface area contributed by atoms with E-state index < -0.39 is 0 Å². The van der Waals surface area contributed by atoms with Gasteiger partial charge >= 0.3 is 0 Å². The number of rotatable bonds is 3. The summed E-state index contributed by atoms with van der Waals surface area (Å²) in [6.45, 7) is 1.98. The van der Waals surface area contributed by atoms with E-state index in [4.69, 9.17) is 0 Å². The van der Waals surface area contributed by atoms with E-state index in [0.29, 0.717) is 5.69 Å². The van der Waals surface area contributed by atoms with E-state index >= 15 is 0 Å². The van der Waals surface area contributed by atoms with Gasteiger partial charge in [0.05, 0.1) is 11.9 Å². The van der Waals surface area contributed by atoms with Crippen LogP contribution in [0.15, 0.2) is 24.3 Å². The standard InChI is InChI=1S/C10H15FN2/c1-8(13(2)3)12-10-7-5-4-6-9(10)11/h4-8,12H,1-3H3. The molecule has 72 valence electrons. The minimum atomic E-state index is -0.212. The molecular formula is C10H15FN2. The van der Waals surface area contributed by atoms with Crippen LogP contribution >= 0.6 is 0 Å². The number of hydrogen-bond acceptors (Lipinski definition) is 2. The van der Waals surface area contributed by atoms with Gasteiger partial charge in [0.15, 0.2) is 0 Å². The SMILES string of the molecule is CC(Nc1ccccc1F)N(C)C. The van der Waals surface area contributed by atoms with Gasteiger partial charge in [0.25, 0.3) is 0 Å². The molecule has 0 aliphatic rings. The topological polar surface area (TPSA) is 15.3 Å². The fourth-order valence-electron chi connectivity index (χ4n) is 0.932. The zero-order valence-corrected chi connectivity index (χ0v) is 8.21. The van der Waals surface area contributed by atoms with E-state index in [0.717, 1.165) is 0 Å². The number of benzene rings is 1. The second-order valence-corrected chi connectivity index (χ2v) is 3.26. The summed E-state index contributed by atoms with van der Waals surface area (Å²) in [6, 6.07) is 6.68. The summed E-state index contributed by atoms with van der Waals surface area (Å²) in [5, 5.41) is 3.06. The lowest BCUT2D eigenvalue weighted by atomic mass is 10.3. The molecule has 1 rings (SSSR count). The fourth-order valence-corrected chi connectivity index (χ4v) is 0.932. The van der Waals surface area contributed by atoms with E-state index in [1.807, 2.05) is 32.0 Å². The molecule has 0 bridgehead atoms. The third kappa shape index (κ3) is 2.70. The van der Waals surface area contributed by atoms with E-state index in [9.17, 15) is 4.39 Å². The maximum Gasteiger partial charge on any atom is 0.146 e. The summed E-state index contributed by atoms with van der Waals surface area (Å²) >= 11 is 0. The Balaban J connectivity index is 2.69. The molecule has 1 N–H and O–H groups in total. The third-order valence-electron chi connectivity index (χ3n) is 2.01. The molecule has 3 heteroatoms. The zero-order valence-electron chi connectivity index (χ0n) is 8.21. The molecule has 13 heavy (non-hydrogen) atoms. The first kappa shape index (κ1) is 9.99. The van der Waals surface area contributed by atoms with Crippen LogP contribution in [0.4, 0.5) is 10.1 Å². The van der Waals surface area contributed by atoms with Gasteiger partial charge in [-0.25, -0.2) is 4.39 Å². The molecule has 1 aromatic carbocycles. The van der Waals surface area contributed by atoms with Crippen LogP contribution in [-0.4, -0.2) is 25.2 Å². The van der Waals surface area contributed by atoms with Crippen molar-refractivity contribution in [2.45, 2.75) is 13.1 Å². The Morgan fingerprint density at radius 2 is 1.92 bits per heavy atom. The lowest BCUT2D eigenvalue weighted by molar-refractivity contribution is 0.342. The molecule has 0 heterocycles. The quantitative estimate of drug-likeness (QED) is 0.720. The van der Waals surface area contributed by atoms with Crippen molar-refractivity contribution in [1.82, 2.24) is 4.90 Å². The molecule has 1 atom stereocenters. The highest BCUT2D eigenvalue weighted by Crippen LogP contribution is 2.13. The zero-order chi connectivity index (χ0) is 9.84. The first-order chi connectivity index (χ1) is 6.11. The van der Waals surface area contributed by atoms with Crippen molar-refractivity contribution in [3.63, 3.8) is 0 Å². The molecule has 0 aliphatic heterocycles. The summed E-state index contributed by atoms with van der Waals surface area (Å²) < 4.78 is 13.1. The summed E-state index contributed by atoms with van der Waals surface area (Å²) in [5.74, 6) is -0.212. The second-order valence-electron chi connectivity index (χ2n) is 3.26. The predicted molar refractivity (Wildman–Crippen MR) is 53.2 cm³/mol. The fraction of sp³-hybridized carbons (Fsp3) is 0.400. The van der Waals surface area contributed by atoms with E-state index in [2.05, 4.69) is 5.32 Å². The molecule has 0 saturated carbocycles. The van der Waals surface area contributed by atoms with Crippen LogP contribution in [0, 0.1) is 5.82 Å². The van der Waals surface area contributed by atoms with Gasteiger partial charge in [-0.05, 0) is 33.2 Å². The highest BCUT2D eigenvalue weighted by atomic mass is 19.1. The molecule has 2 nitrogen and oxygen atoms in total. The van der Waals surface area contributed by atoms with Gasteiger partial charge < -0.3 is 5.32 Å². The largest absolute Gasteiger partial charge is 0.368 e.